The SMILES string of the molecule is C=C(CCC(CCC)(CCC)c1ccc(-c2cccc(C#N)c2)cc1)Nc1cc(C)cc(O)c1.CCC1CC1. The normalized spacial score (nSPS) is 12.7. The standard InChI is InChI=1S/C31H36N2O.C5H10/c1-5-15-31(16-6-2,17-14-24(4)33-29-18-23(3)19-30(34)21-29)28-12-10-26(11-13-28)27-9-7-8-25(20-27)22-32;1-2-5-3-4-5/h7-13,18-21,33-34H,4-6,14-17H2,1-3H3;5H,2-4H2,1H3. The molecule has 206 valence electrons. The van der Waals surface area contributed by atoms with Crippen molar-refractivity contribution >= 4 is 5.69 Å². The molecular weight excluding hydrogens is 476 g/mol. The molecule has 1 fully saturated rings. The van der Waals surface area contributed by atoms with Crippen LogP contribution in [0.1, 0.15) is 95.2 Å². The molecule has 0 unspecified atom stereocenters. The van der Waals surface area contributed by atoms with Gasteiger partial charge in [-0.05, 0) is 90.5 Å². The van der Waals surface area contributed by atoms with E-state index in [0.29, 0.717) is 5.56 Å². The number of nitrogens with zero attached hydrogens (tertiary/aromatic N) is 1. The van der Waals surface area contributed by atoms with Crippen LogP contribution < -0.4 is 5.32 Å². The summed E-state index contributed by atoms with van der Waals surface area (Å²) in [4.78, 5) is 0. The topological polar surface area (TPSA) is 56.0 Å². The molecule has 1 saturated carbocycles. The minimum absolute atomic E-state index is 0.0932. The van der Waals surface area contributed by atoms with Crippen LogP contribution in [0.25, 0.3) is 11.1 Å². The molecule has 3 aromatic rings. The van der Waals surface area contributed by atoms with E-state index in [9.17, 15) is 10.4 Å². The number of nitriles is 1. The Morgan fingerprint density at radius 1 is 0.949 bits per heavy atom. The Labute approximate surface area is 236 Å². The third kappa shape index (κ3) is 9.03. The Kier molecular flexibility index (Phi) is 11.2. The highest BCUT2D eigenvalue weighted by Gasteiger charge is 2.30. The lowest BCUT2D eigenvalue weighted by Crippen LogP contribution is -2.26. The fraction of sp³-hybridized carbons (Fsp3) is 0.417. The molecule has 4 rings (SSSR count). The van der Waals surface area contributed by atoms with Crippen LogP contribution in [0.3, 0.4) is 0 Å². The summed E-state index contributed by atoms with van der Waals surface area (Å²) in [5.41, 5.74) is 7.21. The second kappa shape index (κ2) is 14.6. The van der Waals surface area contributed by atoms with E-state index in [1.807, 2.05) is 31.2 Å². The van der Waals surface area contributed by atoms with E-state index < -0.39 is 0 Å². The van der Waals surface area contributed by atoms with Crippen molar-refractivity contribution in [3.8, 4) is 22.9 Å². The molecule has 3 nitrogen and oxygen atoms in total. The molecule has 0 atom stereocenters. The number of aryl methyl sites for hydroxylation is 1. The zero-order chi connectivity index (χ0) is 28.3. The lowest BCUT2D eigenvalue weighted by atomic mass is 9.70. The van der Waals surface area contributed by atoms with E-state index in [0.717, 1.165) is 72.5 Å². The Bertz CT molecular complexity index is 1220. The van der Waals surface area contributed by atoms with Crippen molar-refractivity contribution in [2.75, 3.05) is 5.32 Å². The predicted octanol–water partition coefficient (Wildman–Crippen LogP) is 10.3. The summed E-state index contributed by atoms with van der Waals surface area (Å²) in [5, 5.41) is 22.5. The largest absolute Gasteiger partial charge is 0.508 e. The van der Waals surface area contributed by atoms with Gasteiger partial charge in [0.1, 0.15) is 5.75 Å². The summed E-state index contributed by atoms with van der Waals surface area (Å²) >= 11 is 0. The van der Waals surface area contributed by atoms with Crippen LogP contribution in [-0.4, -0.2) is 5.11 Å². The van der Waals surface area contributed by atoms with Crippen LogP contribution in [0.15, 0.2) is 79.0 Å². The van der Waals surface area contributed by atoms with Crippen LogP contribution in [-0.2, 0) is 5.41 Å². The van der Waals surface area contributed by atoms with Gasteiger partial charge in [-0.3, -0.25) is 0 Å². The summed E-state index contributed by atoms with van der Waals surface area (Å²) < 4.78 is 0. The summed E-state index contributed by atoms with van der Waals surface area (Å²) in [6.45, 7) is 13.0. The first-order chi connectivity index (χ1) is 18.8. The molecule has 0 amide bonds. The summed E-state index contributed by atoms with van der Waals surface area (Å²) in [6, 6.07) is 24.4. The maximum absolute atomic E-state index is 9.90. The van der Waals surface area contributed by atoms with Crippen molar-refractivity contribution in [3.05, 3.63) is 95.7 Å². The van der Waals surface area contributed by atoms with Crippen LogP contribution in [0.5, 0.6) is 5.75 Å². The number of aromatic hydroxyl groups is 1. The van der Waals surface area contributed by atoms with Crippen LogP contribution in [0.4, 0.5) is 5.69 Å². The molecule has 2 N–H and O–H groups in total. The van der Waals surface area contributed by atoms with Gasteiger partial charge >= 0.3 is 0 Å². The van der Waals surface area contributed by atoms with Crippen molar-refractivity contribution in [1.82, 2.24) is 0 Å². The highest BCUT2D eigenvalue weighted by atomic mass is 16.3. The Hall–Kier alpha value is -3.51. The third-order valence-corrected chi connectivity index (χ3v) is 7.84. The zero-order valence-corrected chi connectivity index (χ0v) is 24.4. The number of nitrogens with one attached hydrogen (secondary N) is 1. The number of benzene rings is 3. The summed E-state index contributed by atoms with van der Waals surface area (Å²) in [7, 11) is 0. The van der Waals surface area contributed by atoms with Gasteiger partial charge in [0.15, 0.2) is 0 Å². The average molecular weight is 523 g/mol. The summed E-state index contributed by atoms with van der Waals surface area (Å²) in [6.07, 6.45) is 10.8. The fourth-order valence-electron chi connectivity index (χ4n) is 5.57. The molecular formula is C36H46N2O. The van der Waals surface area contributed by atoms with Gasteiger partial charge in [0.25, 0.3) is 0 Å². The molecule has 3 aromatic carbocycles. The van der Waals surface area contributed by atoms with E-state index in [4.69, 9.17) is 0 Å². The van der Waals surface area contributed by atoms with Crippen molar-refractivity contribution in [1.29, 1.82) is 5.26 Å². The van der Waals surface area contributed by atoms with Crippen LogP contribution in [0, 0.1) is 24.2 Å². The Morgan fingerprint density at radius 2 is 1.64 bits per heavy atom. The highest BCUT2D eigenvalue weighted by molar-refractivity contribution is 5.65. The molecule has 0 radical (unpaired) electrons. The van der Waals surface area contributed by atoms with Crippen molar-refractivity contribution in [2.45, 2.75) is 90.9 Å². The first-order valence-electron chi connectivity index (χ1n) is 14.7. The number of rotatable bonds is 12. The molecule has 0 heterocycles. The molecule has 0 saturated heterocycles. The zero-order valence-electron chi connectivity index (χ0n) is 24.4. The van der Waals surface area contributed by atoms with E-state index >= 15 is 0 Å². The number of anilines is 1. The van der Waals surface area contributed by atoms with Crippen molar-refractivity contribution in [3.63, 3.8) is 0 Å². The third-order valence-electron chi connectivity index (χ3n) is 7.84. The van der Waals surface area contributed by atoms with Gasteiger partial charge in [-0.2, -0.15) is 5.26 Å². The van der Waals surface area contributed by atoms with Gasteiger partial charge in [-0.15, -0.1) is 0 Å². The maximum Gasteiger partial charge on any atom is 0.117 e. The van der Waals surface area contributed by atoms with Gasteiger partial charge < -0.3 is 10.4 Å². The first-order valence-corrected chi connectivity index (χ1v) is 14.7. The first kappa shape index (κ1) is 30.0. The second-order valence-electron chi connectivity index (χ2n) is 11.2. The smallest absolute Gasteiger partial charge is 0.117 e. The molecule has 0 spiro atoms. The molecule has 0 aromatic heterocycles. The summed E-state index contributed by atoms with van der Waals surface area (Å²) in [5.74, 6) is 1.40. The average Bonchev–Trinajstić information content (AvgIpc) is 3.77. The second-order valence-corrected chi connectivity index (χ2v) is 11.2. The lowest BCUT2D eigenvalue weighted by molar-refractivity contribution is 0.330. The Balaban J connectivity index is 0.000000753. The number of phenolic OH excluding ortho intramolecular Hbond substituents is 1. The Morgan fingerprint density at radius 3 is 2.18 bits per heavy atom. The molecule has 0 aliphatic heterocycles. The minimum Gasteiger partial charge on any atom is -0.508 e. The van der Waals surface area contributed by atoms with Gasteiger partial charge in [-0.1, -0.05) is 95.9 Å². The molecule has 39 heavy (non-hydrogen) atoms. The van der Waals surface area contributed by atoms with E-state index in [2.05, 4.69) is 69.1 Å². The van der Waals surface area contributed by atoms with Crippen molar-refractivity contribution in [2.24, 2.45) is 5.92 Å². The molecule has 0 bridgehead atoms. The van der Waals surface area contributed by atoms with Gasteiger partial charge in [0, 0.05) is 17.5 Å². The molecule has 1 aliphatic carbocycles. The monoisotopic (exact) mass is 522 g/mol. The lowest BCUT2D eigenvalue weighted by Gasteiger charge is -2.35. The number of hydrogen-bond donors (Lipinski definition) is 2. The van der Waals surface area contributed by atoms with Crippen molar-refractivity contribution < 1.29 is 5.11 Å². The number of phenols is 1. The van der Waals surface area contributed by atoms with Gasteiger partial charge in [0.05, 0.1) is 11.6 Å². The van der Waals surface area contributed by atoms with Crippen LogP contribution in [0.2, 0.25) is 0 Å². The number of hydrogen-bond acceptors (Lipinski definition) is 3. The highest BCUT2D eigenvalue weighted by Crippen LogP contribution is 2.40. The van der Waals surface area contributed by atoms with Gasteiger partial charge in [0.2, 0.25) is 0 Å². The van der Waals surface area contributed by atoms with E-state index in [1.165, 1.54) is 24.8 Å². The maximum atomic E-state index is 9.90. The predicted molar refractivity (Wildman–Crippen MR) is 166 cm³/mol. The van der Waals surface area contributed by atoms with Crippen LogP contribution >= 0.6 is 0 Å². The van der Waals surface area contributed by atoms with Gasteiger partial charge in [-0.25, -0.2) is 0 Å². The molecule has 1 aliphatic rings. The quantitative estimate of drug-likeness (QED) is 0.249. The molecule has 3 heteroatoms. The van der Waals surface area contributed by atoms with E-state index in [1.54, 1.807) is 12.1 Å². The van der Waals surface area contributed by atoms with E-state index in [-0.39, 0.29) is 11.2 Å². The number of allylic oxidation sites excluding steroid dienone is 1. The fourth-order valence-corrected chi connectivity index (χ4v) is 5.57. The minimum atomic E-state index is 0.0932.